The minimum Gasteiger partial charge on any atom is -0.619 e. The molecule has 4 rings (SSSR count). The van der Waals surface area contributed by atoms with Crippen molar-refractivity contribution in [2.24, 2.45) is 5.92 Å². The van der Waals surface area contributed by atoms with Crippen molar-refractivity contribution < 1.29 is 42.4 Å². The fourth-order valence-electron chi connectivity index (χ4n) is 3.68. The molecule has 1 fully saturated rings. The summed E-state index contributed by atoms with van der Waals surface area (Å²) in [5.74, 6) is -0.687. The van der Waals surface area contributed by atoms with Crippen LogP contribution in [0.1, 0.15) is 40.4 Å². The van der Waals surface area contributed by atoms with E-state index in [4.69, 9.17) is 37.4 Å². The van der Waals surface area contributed by atoms with Crippen LogP contribution >= 0.6 is 23.2 Å². The molecule has 1 atom stereocenters. The zero-order chi connectivity index (χ0) is 27.4. The summed E-state index contributed by atoms with van der Waals surface area (Å²) < 4.78 is 47.6. The van der Waals surface area contributed by atoms with E-state index in [9.17, 15) is 23.9 Å². The molecule has 1 aliphatic rings. The van der Waals surface area contributed by atoms with Gasteiger partial charge in [0.2, 0.25) is 0 Å². The SMILES string of the molecule is COc1ccc(C(=O)OC(Cc2c(Cl)c[n+]([O-])cc2Cl)c2ccc(OC(F)F)c(OCC3CC3)c2)cc1O. The number of methoxy groups -OCH3 is 1. The topological polar surface area (TPSA) is 101 Å². The Balaban J connectivity index is 1.69. The van der Waals surface area contributed by atoms with Crippen molar-refractivity contribution in [2.45, 2.75) is 32.0 Å². The monoisotopic (exact) mass is 569 g/mol. The molecule has 0 radical (unpaired) electrons. The number of pyridine rings is 1. The lowest BCUT2D eigenvalue weighted by Gasteiger charge is -2.21. The molecule has 3 aromatic rings. The number of esters is 1. The zero-order valence-corrected chi connectivity index (χ0v) is 21.5. The maximum absolute atomic E-state index is 13.1. The lowest BCUT2D eigenvalue weighted by molar-refractivity contribution is -0.605. The molecule has 12 heteroatoms. The Bertz CT molecular complexity index is 1300. The maximum atomic E-state index is 13.1. The average Bonchev–Trinajstić information content (AvgIpc) is 3.69. The van der Waals surface area contributed by atoms with Gasteiger partial charge < -0.3 is 29.3 Å². The Morgan fingerprint density at radius 2 is 1.79 bits per heavy atom. The van der Waals surface area contributed by atoms with E-state index in [1.54, 1.807) is 0 Å². The molecule has 1 N–H and O–H groups in total. The van der Waals surface area contributed by atoms with E-state index in [1.165, 1.54) is 43.5 Å². The van der Waals surface area contributed by atoms with Crippen molar-refractivity contribution in [3.8, 4) is 23.0 Å². The maximum Gasteiger partial charge on any atom is 0.387 e. The van der Waals surface area contributed by atoms with E-state index in [0.29, 0.717) is 28.4 Å². The number of hydrogen-bond donors (Lipinski definition) is 1. The highest BCUT2D eigenvalue weighted by Gasteiger charge is 2.27. The van der Waals surface area contributed by atoms with Gasteiger partial charge in [-0.1, -0.05) is 29.3 Å². The number of benzene rings is 2. The quantitative estimate of drug-likeness (QED) is 0.175. The van der Waals surface area contributed by atoms with Gasteiger partial charge in [-0.15, -0.1) is 0 Å². The van der Waals surface area contributed by atoms with Crippen LogP contribution in [0.3, 0.4) is 0 Å². The normalized spacial score (nSPS) is 13.7. The molecule has 0 aliphatic heterocycles. The number of aromatic nitrogens is 1. The largest absolute Gasteiger partial charge is 0.619 e. The van der Waals surface area contributed by atoms with Gasteiger partial charge >= 0.3 is 12.6 Å². The van der Waals surface area contributed by atoms with E-state index < -0.39 is 18.7 Å². The third-order valence-electron chi connectivity index (χ3n) is 5.84. The minimum absolute atomic E-state index is 0.0267. The average molecular weight is 570 g/mol. The molecular formula is C26H23Cl2F2NO7. The van der Waals surface area contributed by atoms with Crippen molar-refractivity contribution in [3.63, 3.8) is 0 Å². The number of phenolic OH excluding ortho intramolecular Hbond substituents is 1. The lowest BCUT2D eigenvalue weighted by atomic mass is 10.0. The summed E-state index contributed by atoms with van der Waals surface area (Å²) in [6.07, 6.45) is 3.05. The first-order chi connectivity index (χ1) is 18.1. The molecule has 202 valence electrons. The van der Waals surface area contributed by atoms with Gasteiger partial charge in [0, 0.05) is 12.0 Å². The number of ether oxygens (including phenoxy) is 4. The third kappa shape index (κ3) is 6.87. The summed E-state index contributed by atoms with van der Waals surface area (Å²) in [5, 5.41) is 21.9. The van der Waals surface area contributed by atoms with Crippen LogP contribution in [0.15, 0.2) is 48.8 Å². The van der Waals surface area contributed by atoms with Crippen LogP contribution in [-0.2, 0) is 11.2 Å². The molecule has 1 unspecified atom stereocenters. The highest BCUT2D eigenvalue weighted by Crippen LogP contribution is 2.38. The van der Waals surface area contributed by atoms with E-state index >= 15 is 0 Å². The van der Waals surface area contributed by atoms with Crippen molar-refractivity contribution in [1.82, 2.24) is 0 Å². The molecule has 0 bridgehead atoms. The van der Waals surface area contributed by atoms with Gasteiger partial charge in [-0.3, -0.25) is 0 Å². The van der Waals surface area contributed by atoms with E-state index in [1.807, 2.05) is 0 Å². The fraction of sp³-hybridized carbons (Fsp3) is 0.308. The minimum atomic E-state index is -3.07. The number of nitrogens with zero attached hydrogens (tertiary/aromatic N) is 1. The van der Waals surface area contributed by atoms with Crippen LogP contribution in [0.25, 0.3) is 0 Å². The van der Waals surface area contributed by atoms with E-state index in [-0.39, 0.29) is 45.0 Å². The Kier molecular flexibility index (Phi) is 8.63. The summed E-state index contributed by atoms with van der Waals surface area (Å²) in [4.78, 5) is 13.1. The first kappa shape index (κ1) is 27.5. The molecule has 1 heterocycles. The van der Waals surface area contributed by atoms with Crippen LogP contribution < -0.4 is 18.9 Å². The number of alkyl halides is 2. The summed E-state index contributed by atoms with van der Waals surface area (Å²) in [5.41, 5.74) is 0.720. The van der Waals surface area contributed by atoms with Crippen LogP contribution in [0.5, 0.6) is 23.0 Å². The fourth-order valence-corrected chi connectivity index (χ4v) is 4.27. The van der Waals surface area contributed by atoms with Crippen LogP contribution in [-0.4, -0.2) is 31.4 Å². The summed E-state index contributed by atoms with van der Waals surface area (Å²) >= 11 is 12.5. The molecular weight excluding hydrogens is 547 g/mol. The van der Waals surface area contributed by atoms with Gasteiger partial charge in [-0.25, -0.2) is 4.79 Å². The molecule has 1 aromatic heterocycles. The molecule has 8 nitrogen and oxygen atoms in total. The van der Waals surface area contributed by atoms with Crippen LogP contribution in [0, 0.1) is 11.1 Å². The molecule has 0 spiro atoms. The first-order valence-corrected chi connectivity index (χ1v) is 12.3. The predicted octanol–water partition coefficient (Wildman–Crippen LogP) is 5.87. The van der Waals surface area contributed by atoms with Gasteiger partial charge in [0.1, 0.15) is 16.1 Å². The standard InChI is InChI=1S/C26H23Cl2F2NO7/c1-35-21-6-5-16(8-20(21)32)25(33)37-23(10-17-18(27)11-31(34)12-19(17)28)15-4-7-22(38-26(29)30)24(9-15)36-13-14-2-3-14/h4-9,11-12,14,23,26,32H,2-3,10,13H2,1H3. The van der Waals surface area contributed by atoms with Gasteiger partial charge in [0.15, 0.2) is 35.4 Å². The van der Waals surface area contributed by atoms with Gasteiger partial charge in [-0.05, 0) is 54.7 Å². The number of rotatable bonds is 11. The number of phenols is 1. The Morgan fingerprint density at radius 1 is 1.11 bits per heavy atom. The second kappa shape index (κ2) is 11.9. The Labute approximate surface area is 226 Å². The first-order valence-electron chi connectivity index (χ1n) is 11.5. The summed E-state index contributed by atoms with van der Waals surface area (Å²) in [6, 6.07) is 8.18. The highest BCUT2D eigenvalue weighted by atomic mass is 35.5. The van der Waals surface area contributed by atoms with Crippen molar-refractivity contribution >= 4 is 29.2 Å². The second-order valence-electron chi connectivity index (χ2n) is 8.62. The molecule has 2 aromatic carbocycles. The number of halogens is 4. The number of carbonyl (C=O) groups excluding carboxylic acids is 1. The molecule has 1 saturated carbocycles. The number of hydrogen-bond acceptors (Lipinski definition) is 7. The molecule has 1 aliphatic carbocycles. The molecule has 38 heavy (non-hydrogen) atoms. The summed E-state index contributed by atoms with van der Waals surface area (Å²) in [6.45, 7) is -2.75. The lowest BCUT2D eigenvalue weighted by Crippen LogP contribution is -2.25. The van der Waals surface area contributed by atoms with Crippen LogP contribution in [0.2, 0.25) is 10.0 Å². The zero-order valence-electron chi connectivity index (χ0n) is 20.0. The van der Waals surface area contributed by atoms with E-state index in [0.717, 1.165) is 25.2 Å². The highest BCUT2D eigenvalue weighted by molar-refractivity contribution is 6.35. The van der Waals surface area contributed by atoms with Crippen molar-refractivity contribution in [2.75, 3.05) is 13.7 Å². The third-order valence-corrected chi connectivity index (χ3v) is 6.49. The summed E-state index contributed by atoms with van der Waals surface area (Å²) in [7, 11) is 1.37. The number of carbonyl (C=O) groups is 1. The predicted molar refractivity (Wildman–Crippen MR) is 133 cm³/mol. The van der Waals surface area contributed by atoms with Crippen LogP contribution in [0.4, 0.5) is 8.78 Å². The van der Waals surface area contributed by atoms with E-state index in [2.05, 4.69) is 4.74 Å². The molecule has 0 saturated heterocycles. The smallest absolute Gasteiger partial charge is 0.387 e. The van der Waals surface area contributed by atoms with Gasteiger partial charge in [0.25, 0.3) is 0 Å². The number of aromatic hydroxyl groups is 1. The Hall–Kier alpha value is -3.50. The second-order valence-corrected chi connectivity index (χ2v) is 9.43. The van der Waals surface area contributed by atoms with Crippen molar-refractivity contribution in [3.05, 3.63) is 80.7 Å². The Morgan fingerprint density at radius 3 is 2.39 bits per heavy atom. The van der Waals surface area contributed by atoms with Crippen molar-refractivity contribution in [1.29, 1.82) is 0 Å². The van der Waals surface area contributed by atoms with Gasteiger partial charge in [0.05, 0.1) is 19.3 Å². The molecule has 0 amide bonds. The van der Waals surface area contributed by atoms with Gasteiger partial charge in [-0.2, -0.15) is 13.5 Å².